The van der Waals surface area contributed by atoms with E-state index in [1.165, 1.54) is 90.8 Å². The monoisotopic (exact) mass is 1090 g/mol. The molecule has 0 aliphatic carbocycles. The zero-order chi connectivity index (χ0) is 54.0. The molecule has 4 rings (SSSR count). The van der Waals surface area contributed by atoms with Crippen LogP contribution in [0.15, 0.2) is 72.8 Å². The van der Waals surface area contributed by atoms with Gasteiger partial charge in [-0.25, -0.2) is 0 Å². The van der Waals surface area contributed by atoms with Crippen LogP contribution in [-0.4, -0.2) is 149 Å². The standard InChI is InChI=1S/2C24H30N4O6S2.Na/c2*1-14(21(29)25-27(2)23(35)17-12-15(31-4)8-10-19(17)33-6)22(30)26-28(3)24(36)18-13-16(32-5)9-11-20(18)34-7;/h2*8-14H,1-7H3,(H,25,29)(H,26,30);/q;;+1. The number of amides is 4. The van der Waals surface area contributed by atoms with Crippen molar-refractivity contribution in [3.8, 4) is 46.0 Å². The number of carbonyl (C=O) groups is 4. The van der Waals surface area contributed by atoms with Crippen molar-refractivity contribution in [3.63, 3.8) is 0 Å². The second-order valence-corrected chi connectivity index (χ2v) is 16.6. The Kier molecular flexibility index (Phi) is 25.9. The molecule has 0 aliphatic rings. The molecular formula is C48H60N8NaO12S4+. The summed E-state index contributed by atoms with van der Waals surface area (Å²) in [4.78, 5) is 52.3. The van der Waals surface area contributed by atoms with Crippen LogP contribution in [0.4, 0.5) is 0 Å². The van der Waals surface area contributed by atoms with Gasteiger partial charge in [0.05, 0.1) is 79.1 Å². The van der Waals surface area contributed by atoms with Crippen LogP contribution in [0.1, 0.15) is 36.1 Å². The van der Waals surface area contributed by atoms with Gasteiger partial charge in [-0.05, 0) is 86.6 Å². The van der Waals surface area contributed by atoms with Gasteiger partial charge in [-0.1, -0.05) is 48.9 Å². The Hall–Kier alpha value is -6.28. The van der Waals surface area contributed by atoms with Gasteiger partial charge in [-0.15, -0.1) is 0 Å². The second kappa shape index (κ2) is 30.0. The predicted molar refractivity (Wildman–Crippen MR) is 287 cm³/mol. The third kappa shape index (κ3) is 16.9. The van der Waals surface area contributed by atoms with Gasteiger partial charge in [-0.2, -0.15) is 0 Å². The molecule has 0 radical (unpaired) electrons. The summed E-state index contributed by atoms with van der Waals surface area (Å²) in [6, 6.07) is 20.6. The zero-order valence-electron chi connectivity index (χ0n) is 43.4. The van der Waals surface area contributed by atoms with E-state index in [1.54, 1.807) is 101 Å². The Balaban J connectivity index is 0.000000493. The number of methoxy groups -OCH3 is 8. The predicted octanol–water partition coefficient (Wildman–Crippen LogP) is 1.67. The molecule has 0 saturated heterocycles. The minimum atomic E-state index is -1.07. The summed E-state index contributed by atoms with van der Waals surface area (Å²) in [5, 5.41) is 5.37. The van der Waals surface area contributed by atoms with E-state index in [2.05, 4.69) is 21.7 Å². The summed E-state index contributed by atoms with van der Waals surface area (Å²) in [5.41, 5.74) is 12.7. The van der Waals surface area contributed by atoms with Crippen LogP contribution >= 0.6 is 48.9 Å². The Morgan fingerprint density at radius 1 is 0.370 bits per heavy atom. The Morgan fingerprint density at radius 3 is 0.699 bits per heavy atom. The van der Waals surface area contributed by atoms with Crippen LogP contribution in [0.3, 0.4) is 0 Å². The number of hydrogen-bond acceptors (Lipinski definition) is 16. The Morgan fingerprint density at radius 2 is 0.548 bits per heavy atom. The fourth-order valence-electron chi connectivity index (χ4n) is 6.14. The molecule has 20 nitrogen and oxygen atoms in total. The molecule has 388 valence electrons. The summed E-state index contributed by atoms with van der Waals surface area (Å²) < 4.78 is 42.4. The maximum absolute atomic E-state index is 12.8. The molecule has 25 heteroatoms. The van der Waals surface area contributed by atoms with Gasteiger partial charge in [0.2, 0.25) is 0 Å². The fourth-order valence-corrected chi connectivity index (χ4v) is 6.96. The van der Waals surface area contributed by atoms with Crippen molar-refractivity contribution in [3.05, 3.63) is 95.1 Å². The van der Waals surface area contributed by atoms with E-state index < -0.39 is 35.5 Å². The van der Waals surface area contributed by atoms with Crippen molar-refractivity contribution in [2.45, 2.75) is 13.8 Å². The SMILES string of the molecule is COc1ccc(OC)c(C(=S)N(C)NC(=O)C(C)C(=O)NN(C)C(=S)c2cc(OC)ccc2OC)c1.COc1ccc(OC)c(C(=S)N(C)NC(=O)C(C)C(=O)NN(C)C(=S)c2cc(OC)ccc2OC)c1.[Na+]. The molecule has 0 bridgehead atoms. The second-order valence-electron chi connectivity index (χ2n) is 15.1. The number of rotatable bonds is 16. The minimum absolute atomic E-state index is 0. The molecule has 0 heterocycles. The molecule has 0 saturated carbocycles. The molecule has 0 fully saturated rings. The molecule has 0 aromatic heterocycles. The quantitative estimate of drug-likeness (QED) is 0.0546. The zero-order valence-corrected chi connectivity index (χ0v) is 48.7. The van der Waals surface area contributed by atoms with Gasteiger partial charge < -0.3 is 37.9 Å². The molecule has 73 heavy (non-hydrogen) atoms. The van der Waals surface area contributed by atoms with Crippen molar-refractivity contribution in [2.24, 2.45) is 11.8 Å². The average molecular weight is 1090 g/mol. The van der Waals surface area contributed by atoms with E-state index >= 15 is 0 Å². The van der Waals surface area contributed by atoms with Gasteiger partial charge in [0, 0.05) is 28.2 Å². The van der Waals surface area contributed by atoms with Gasteiger partial charge in [0.15, 0.2) is 0 Å². The number of carbonyl (C=O) groups excluding carboxylic acids is 4. The largest absolute Gasteiger partial charge is 1.00 e. The third-order valence-corrected chi connectivity index (χ3v) is 12.4. The van der Waals surface area contributed by atoms with Crippen LogP contribution in [0, 0.1) is 11.8 Å². The summed E-state index contributed by atoms with van der Waals surface area (Å²) >= 11 is 22.0. The van der Waals surface area contributed by atoms with E-state index in [1.807, 2.05) is 0 Å². The molecule has 0 aliphatic heterocycles. The molecule has 0 spiro atoms. The summed E-state index contributed by atoms with van der Waals surface area (Å²) in [5.74, 6) is -0.0813. The van der Waals surface area contributed by atoms with Gasteiger partial charge in [0.25, 0.3) is 23.6 Å². The van der Waals surface area contributed by atoms with Crippen LogP contribution in [0.5, 0.6) is 46.0 Å². The maximum atomic E-state index is 12.8. The van der Waals surface area contributed by atoms with Crippen LogP contribution < -0.4 is 89.2 Å². The van der Waals surface area contributed by atoms with Gasteiger partial charge in [0.1, 0.15) is 77.8 Å². The number of hydrogen-bond donors (Lipinski definition) is 4. The molecule has 4 aromatic rings. The smallest absolute Gasteiger partial charge is 0.497 e. The first-order chi connectivity index (χ1) is 34.1. The average Bonchev–Trinajstić information content (AvgIpc) is 3.40. The maximum Gasteiger partial charge on any atom is 1.00 e. The number of thiocarbonyl (C=S) groups is 4. The third-order valence-electron chi connectivity index (χ3n) is 10.5. The van der Waals surface area contributed by atoms with Gasteiger partial charge >= 0.3 is 29.6 Å². The van der Waals surface area contributed by atoms with Crippen molar-refractivity contribution in [2.75, 3.05) is 85.1 Å². The van der Waals surface area contributed by atoms with Gasteiger partial charge in [-0.3, -0.25) is 60.9 Å². The van der Waals surface area contributed by atoms with Crippen LogP contribution in [-0.2, 0) is 19.2 Å². The first-order valence-corrected chi connectivity index (χ1v) is 23.0. The molecule has 4 N–H and O–H groups in total. The van der Waals surface area contributed by atoms with E-state index in [9.17, 15) is 19.2 Å². The van der Waals surface area contributed by atoms with E-state index in [-0.39, 0.29) is 49.5 Å². The Bertz CT molecular complexity index is 2300. The van der Waals surface area contributed by atoms with E-state index in [0.29, 0.717) is 68.2 Å². The van der Waals surface area contributed by atoms with Crippen molar-refractivity contribution < 1.29 is 86.6 Å². The molecule has 0 atom stereocenters. The first kappa shape index (κ1) is 62.8. The molecule has 4 amide bonds. The summed E-state index contributed by atoms with van der Waals surface area (Å²) in [7, 11) is 18.5. The topological polar surface area (TPSA) is 203 Å². The van der Waals surface area contributed by atoms with Crippen LogP contribution in [0.2, 0.25) is 0 Å². The van der Waals surface area contributed by atoms with E-state index in [4.69, 9.17) is 86.8 Å². The normalized spacial score (nSPS) is 10.1. The number of benzene rings is 4. The fraction of sp³-hybridized carbons (Fsp3) is 0.333. The van der Waals surface area contributed by atoms with Crippen molar-refractivity contribution >= 4 is 92.5 Å². The first-order valence-electron chi connectivity index (χ1n) is 21.4. The molecule has 4 aromatic carbocycles. The van der Waals surface area contributed by atoms with Crippen molar-refractivity contribution in [1.82, 2.24) is 41.7 Å². The van der Waals surface area contributed by atoms with E-state index in [0.717, 1.165) is 0 Å². The molecular weight excluding hydrogens is 1030 g/mol. The number of ether oxygens (including phenoxy) is 8. The number of nitrogens with zero attached hydrogens (tertiary/aromatic N) is 4. The molecule has 0 unspecified atom stereocenters. The minimum Gasteiger partial charge on any atom is -0.497 e. The van der Waals surface area contributed by atoms with Crippen molar-refractivity contribution in [1.29, 1.82) is 0 Å². The summed E-state index contributed by atoms with van der Waals surface area (Å²) in [6.07, 6.45) is 0. The number of nitrogens with one attached hydrogen (secondary N) is 4. The summed E-state index contributed by atoms with van der Waals surface area (Å²) in [6.45, 7) is 2.94. The van der Waals surface area contributed by atoms with Crippen LogP contribution in [0.25, 0.3) is 0 Å². The Labute approximate surface area is 469 Å². The number of hydrazine groups is 4.